The largest absolute Gasteiger partial charge is 0.343 e. The first-order valence-corrected chi connectivity index (χ1v) is 7.55. The van der Waals surface area contributed by atoms with E-state index in [0.717, 1.165) is 0 Å². The van der Waals surface area contributed by atoms with E-state index in [4.69, 9.17) is 5.73 Å². The van der Waals surface area contributed by atoms with Gasteiger partial charge in [0.15, 0.2) is 5.16 Å². The highest BCUT2D eigenvalue weighted by molar-refractivity contribution is 7.99. The van der Waals surface area contributed by atoms with Crippen LogP contribution in [0.1, 0.15) is 30.2 Å². The molecular weight excluding hydrogens is 272 g/mol. The molecule has 20 heavy (non-hydrogen) atoms. The number of thioether (sulfide) groups is 1. The predicted molar refractivity (Wildman–Crippen MR) is 81.9 cm³/mol. The number of aryl methyl sites for hydroxylation is 1. The van der Waals surface area contributed by atoms with E-state index in [1.165, 1.54) is 22.9 Å². The second-order valence-electron chi connectivity index (χ2n) is 4.81. The van der Waals surface area contributed by atoms with E-state index in [2.05, 4.69) is 29.3 Å². The molecule has 1 aromatic heterocycles. The summed E-state index contributed by atoms with van der Waals surface area (Å²) in [5.41, 5.74) is 8.34. The fourth-order valence-corrected chi connectivity index (χ4v) is 3.42. The number of aromatic nitrogens is 3. The summed E-state index contributed by atoms with van der Waals surface area (Å²) in [6, 6.07) is 8.13. The summed E-state index contributed by atoms with van der Waals surface area (Å²) < 4.78 is 1.62. The van der Waals surface area contributed by atoms with Crippen molar-refractivity contribution >= 4 is 11.8 Å². The van der Waals surface area contributed by atoms with Crippen molar-refractivity contribution in [2.24, 2.45) is 5.73 Å². The van der Waals surface area contributed by atoms with Gasteiger partial charge in [-0.3, -0.25) is 4.57 Å². The maximum Gasteiger partial charge on any atom is 0.343 e. The highest BCUT2D eigenvalue weighted by Gasteiger charge is 2.22. The van der Waals surface area contributed by atoms with Crippen LogP contribution < -0.4 is 11.4 Å². The molecule has 108 valence electrons. The Kier molecular flexibility index (Phi) is 4.67. The molecule has 1 aromatic carbocycles. The molecule has 0 spiro atoms. The SMILES string of the molecule is CCn1c(SC(c2ccccc2C)C(C)N)n[nH]c1=O. The quantitative estimate of drug-likeness (QED) is 0.827. The first kappa shape index (κ1) is 14.9. The van der Waals surface area contributed by atoms with Crippen molar-refractivity contribution in [3.05, 3.63) is 45.9 Å². The Morgan fingerprint density at radius 2 is 2.15 bits per heavy atom. The van der Waals surface area contributed by atoms with Gasteiger partial charge in [0.1, 0.15) is 0 Å². The third-order valence-corrected chi connectivity index (χ3v) is 4.70. The summed E-state index contributed by atoms with van der Waals surface area (Å²) in [6.07, 6.45) is 0. The van der Waals surface area contributed by atoms with Crippen LogP contribution in [0.5, 0.6) is 0 Å². The molecular formula is C14H20N4OS. The topological polar surface area (TPSA) is 76.7 Å². The molecule has 2 atom stereocenters. The van der Waals surface area contributed by atoms with E-state index in [-0.39, 0.29) is 17.0 Å². The summed E-state index contributed by atoms with van der Waals surface area (Å²) in [7, 11) is 0. The van der Waals surface area contributed by atoms with Crippen molar-refractivity contribution in [3.8, 4) is 0 Å². The zero-order valence-corrected chi connectivity index (χ0v) is 12.8. The number of nitrogens with two attached hydrogens (primary N) is 1. The second kappa shape index (κ2) is 6.28. The Labute approximate surface area is 122 Å². The van der Waals surface area contributed by atoms with Gasteiger partial charge in [-0.15, -0.1) is 5.10 Å². The van der Waals surface area contributed by atoms with Crippen LogP contribution in [0.3, 0.4) is 0 Å². The lowest BCUT2D eigenvalue weighted by Crippen LogP contribution is -2.24. The molecule has 2 aromatic rings. The van der Waals surface area contributed by atoms with Gasteiger partial charge < -0.3 is 5.73 Å². The molecule has 6 heteroatoms. The lowest BCUT2D eigenvalue weighted by Gasteiger charge is -2.22. The maximum absolute atomic E-state index is 11.6. The summed E-state index contributed by atoms with van der Waals surface area (Å²) >= 11 is 1.53. The molecule has 1 heterocycles. The summed E-state index contributed by atoms with van der Waals surface area (Å²) in [5.74, 6) is 0. The van der Waals surface area contributed by atoms with E-state index in [1.807, 2.05) is 26.0 Å². The average molecular weight is 292 g/mol. The van der Waals surface area contributed by atoms with Crippen LogP contribution in [0.15, 0.2) is 34.2 Å². The van der Waals surface area contributed by atoms with Crippen molar-refractivity contribution < 1.29 is 0 Å². The fraction of sp³-hybridized carbons (Fsp3) is 0.429. The molecule has 0 aliphatic heterocycles. The number of hydrogen-bond donors (Lipinski definition) is 2. The van der Waals surface area contributed by atoms with Gasteiger partial charge in [0.2, 0.25) is 0 Å². The molecule has 0 fully saturated rings. The smallest absolute Gasteiger partial charge is 0.327 e. The molecule has 0 aliphatic carbocycles. The van der Waals surface area contributed by atoms with Gasteiger partial charge in [-0.2, -0.15) is 0 Å². The fourth-order valence-electron chi connectivity index (χ4n) is 2.15. The first-order chi connectivity index (χ1) is 9.54. The number of nitrogens with zero attached hydrogens (tertiary/aromatic N) is 2. The highest BCUT2D eigenvalue weighted by atomic mass is 32.2. The molecule has 0 radical (unpaired) electrons. The summed E-state index contributed by atoms with van der Waals surface area (Å²) in [4.78, 5) is 11.6. The maximum atomic E-state index is 11.6. The Morgan fingerprint density at radius 3 is 2.75 bits per heavy atom. The average Bonchev–Trinajstić information content (AvgIpc) is 2.77. The molecule has 0 bridgehead atoms. The van der Waals surface area contributed by atoms with Gasteiger partial charge in [-0.1, -0.05) is 36.0 Å². The van der Waals surface area contributed by atoms with Crippen LogP contribution in [0.25, 0.3) is 0 Å². The highest BCUT2D eigenvalue weighted by Crippen LogP contribution is 2.37. The Hall–Kier alpha value is -1.53. The van der Waals surface area contributed by atoms with Crippen LogP contribution >= 0.6 is 11.8 Å². The second-order valence-corrected chi connectivity index (χ2v) is 5.92. The zero-order chi connectivity index (χ0) is 14.7. The predicted octanol–water partition coefficient (Wildman–Crippen LogP) is 2.08. The monoisotopic (exact) mass is 292 g/mol. The molecule has 2 rings (SSSR count). The van der Waals surface area contributed by atoms with Gasteiger partial charge >= 0.3 is 5.69 Å². The normalized spacial score (nSPS) is 14.2. The first-order valence-electron chi connectivity index (χ1n) is 6.67. The molecule has 0 saturated heterocycles. The van der Waals surface area contributed by atoms with Gasteiger partial charge in [-0.25, -0.2) is 9.89 Å². The van der Waals surface area contributed by atoms with Crippen molar-refractivity contribution in [2.75, 3.05) is 0 Å². The zero-order valence-electron chi connectivity index (χ0n) is 12.0. The lowest BCUT2D eigenvalue weighted by atomic mass is 10.0. The van der Waals surface area contributed by atoms with E-state index < -0.39 is 0 Å². The standard InChI is InChI=1S/C14H20N4OS/c1-4-18-13(19)16-17-14(18)20-12(10(3)15)11-8-6-5-7-9(11)2/h5-8,10,12H,4,15H2,1-3H3,(H,16,19). The van der Waals surface area contributed by atoms with E-state index in [9.17, 15) is 4.79 Å². The van der Waals surface area contributed by atoms with Crippen LogP contribution in [-0.4, -0.2) is 20.8 Å². The van der Waals surface area contributed by atoms with Gasteiger partial charge in [0, 0.05) is 12.6 Å². The molecule has 0 saturated carbocycles. The number of benzene rings is 1. The number of aromatic amines is 1. The molecule has 2 unspecified atom stereocenters. The Morgan fingerprint density at radius 1 is 1.45 bits per heavy atom. The van der Waals surface area contributed by atoms with E-state index in [1.54, 1.807) is 4.57 Å². The van der Waals surface area contributed by atoms with Crippen molar-refractivity contribution in [1.29, 1.82) is 0 Å². The van der Waals surface area contributed by atoms with Crippen LogP contribution in [0, 0.1) is 6.92 Å². The van der Waals surface area contributed by atoms with Gasteiger partial charge in [0.25, 0.3) is 0 Å². The third-order valence-electron chi connectivity index (χ3n) is 3.24. The summed E-state index contributed by atoms with van der Waals surface area (Å²) in [6.45, 7) is 6.57. The van der Waals surface area contributed by atoms with Crippen molar-refractivity contribution in [3.63, 3.8) is 0 Å². The minimum Gasteiger partial charge on any atom is -0.327 e. The van der Waals surface area contributed by atoms with E-state index in [0.29, 0.717) is 11.7 Å². The van der Waals surface area contributed by atoms with Crippen molar-refractivity contribution in [2.45, 2.75) is 43.8 Å². The molecule has 5 nitrogen and oxygen atoms in total. The minimum atomic E-state index is -0.178. The minimum absolute atomic E-state index is 0.0433. The van der Waals surface area contributed by atoms with Gasteiger partial charge in [0.05, 0.1) is 5.25 Å². The van der Waals surface area contributed by atoms with Crippen molar-refractivity contribution in [1.82, 2.24) is 14.8 Å². The molecule has 0 aliphatic rings. The molecule has 3 N–H and O–H groups in total. The Bertz CT molecular complexity index is 632. The van der Waals surface area contributed by atoms with E-state index >= 15 is 0 Å². The van der Waals surface area contributed by atoms with Crippen LogP contribution in [-0.2, 0) is 6.54 Å². The Balaban J connectivity index is 2.36. The van der Waals surface area contributed by atoms with Gasteiger partial charge in [-0.05, 0) is 31.9 Å². The number of nitrogens with one attached hydrogen (secondary N) is 1. The number of hydrogen-bond acceptors (Lipinski definition) is 4. The summed E-state index contributed by atoms with van der Waals surface area (Å²) in [5, 5.41) is 7.34. The molecule has 0 amide bonds. The third kappa shape index (κ3) is 2.96. The van der Waals surface area contributed by atoms with Crippen LogP contribution in [0.2, 0.25) is 0 Å². The van der Waals surface area contributed by atoms with Crippen LogP contribution in [0.4, 0.5) is 0 Å². The number of rotatable bonds is 5. The lowest BCUT2D eigenvalue weighted by molar-refractivity contribution is 0.651. The number of H-pyrrole nitrogens is 1.